The summed E-state index contributed by atoms with van der Waals surface area (Å²) in [7, 11) is 1.87. The van der Waals surface area contributed by atoms with E-state index in [1.54, 1.807) is 6.26 Å². The fourth-order valence-electron chi connectivity index (χ4n) is 2.61. The lowest BCUT2D eigenvalue weighted by Crippen LogP contribution is -2.28. The predicted molar refractivity (Wildman–Crippen MR) is 102 cm³/mol. The number of halogens is 1. The first-order valence-electron chi connectivity index (χ1n) is 8.07. The van der Waals surface area contributed by atoms with E-state index in [0.29, 0.717) is 16.0 Å². The van der Waals surface area contributed by atoms with Gasteiger partial charge in [0.1, 0.15) is 5.76 Å². The minimum absolute atomic E-state index is 0.0912. The molecule has 1 atom stereocenters. The van der Waals surface area contributed by atoms with Gasteiger partial charge in [0, 0.05) is 12.1 Å². The van der Waals surface area contributed by atoms with Crippen LogP contribution in [0.2, 0.25) is 5.02 Å². The lowest BCUT2D eigenvalue weighted by Gasteiger charge is -2.15. The molecule has 1 N–H and O–H groups in total. The van der Waals surface area contributed by atoms with Crippen LogP contribution in [0.5, 0.6) is 0 Å². The van der Waals surface area contributed by atoms with Gasteiger partial charge in [0.05, 0.1) is 23.6 Å². The van der Waals surface area contributed by atoms with Crippen molar-refractivity contribution >= 4 is 29.3 Å². The summed E-state index contributed by atoms with van der Waals surface area (Å²) in [6.45, 7) is 3.78. The Balaban J connectivity index is 1.61. The van der Waals surface area contributed by atoms with Gasteiger partial charge in [-0.25, -0.2) is 0 Å². The zero-order chi connectivity index (χ0) is 18.7. The van der Waals surface area contributed by atoms with E-state index in [4.69, 9.17) is 16.0 Å². The van der Waals surface area contributed by atoms with E-state index in [1.807, 2.05) is 55.8 Å². The molecule has 6 nitrogen and oxygen atoms in total. The van der Waals surface area contributed by atoms with Crippen LogP contribution >= 0.6 is 23.4 Å². The van der Waals surface area contributed by atoms with Crippen LogP contribution in [-0.2, 0) is 11.8 Å². The molecule has 2 aromatic heterocycles. The Bertz CT molecular complexity index is 922. The number of carbonyl (C=O) groups is 1. The van der Waals surface area contributed by atoms with Gasteiger partial charge in [0.2, 0.25) is 5.91 Å². The molecule has 1 aromatic carbocycles. The Hall–Kier alpha value is -2.25. The molecule has 0 bridgehead atoms. The second-order valence-electron chi connectivity index (χ2n) is 5.86. The normalized spacial score (nSPS) is 12.2. The van der Waals surface area contributed by atoms with Gasteiger partial charge < -0.3 is 14.3 Å². The molecular formula is C18H19ClN4O2S. The SMILES string of the molecule is Cc1occc1-c1nnc(SCC(=O)N[C@H](C)c2ccccc2Cl)n1C. The Labute approximate surface area is 160 Å². The van der Waals surface area contributed by atoms with Crippen LogP contribution < -0.4 is 5.32 Å². The van der Waals surface area contributed by atoms with Crippen LogP contribution in [0.3, 0.4) is 0 Å². The average Bonchev–Trinajstić information content (AvgIpc) is 3.18. The third-order valence-electron chi connectivity index (χ3n) is 4.02. The van der Waals surface area contributed by atoms with Crippen molar-refractivity contribution in [2.24, 2.45) is 7.05 Å². The highest BCUT2D eigenvalue weighted by molar-refractivity contribution is 7.99. The molecule has 0 spiro atoms. The first kappa shape index (κ1) is 18.5. The number of hydrogen-bond donors (Lipinski definition) is 1. The number of rotatable bonds is 6. The maximum absolute atomic E-state index is 12.3. The van der Waals surface area contributed by atoms with Gasteiger partial charge in [-0.3, -0.25) is 4.79 Å². The number of nitrogens with zero attached hydrogens (tertiary/aromatic N) is 3. The van der Waals surface area contributed by atoms with Crippen molar-refractivity contribution < 1.29 is 9.21 Å². The highest BCUT2D eigenvalue weighted by Crippen LogP contribution is 2.26. The van der Waals surface area contributed by atoms with Gasteiger partial charge >= 0.3 is 0 Å². The number of aryl methyl sites for hydroxylation is 1. The zero-order valence-electron chi connectivity index (χ0n) is 14.7. The van der Waals surface area contributed by atoms with E-state index >= 15 is 0 Å². The second-order valence-corrected chi connectivity index (χ2v) is 7.20. The van der Waals surface area contributed by atoms with Crippen molar-refractivity contribution in [1.82, 2.24) is 20.1 Å². The summed E-state index contributed by atoms with van der Waals surface area (Å²) in [6.07, 6.45) is 1.62. The number of furan rings is 1. The number of amides is 1. The Morgan fingerprint density at radius 2 is 2.12 bits per heavy atom. The molecule has 0 aliphatic heterocycles. The smallest absolute Gasteiger partial charge is 0.230 e. The first-order chi connectivity index (χ1) is 12.5. The molecule has 0 fully saturated rings. The summed E-state index contributed by atoms with van der Waals surface area (Å²) >= 11 is 7.51. The number of thioether (sulfide) groups is 1. The van der Waals surface area contributed by atoms with Gasteiger partial charge in [0.15, 0.2) is 11.0 Å². The molecule has 136 valence electrons. The molecule has 0 unspecified atom stereocenters. The molecule has 8 heteroatoms. The molecular weight excluding hydrogens is 372 g/mol. The molecule has 3 aromatic rings. The fourth-order valence-corrected chi connectivity index (χ4v) is 3.63. The largest absolute Gasteiger partial charge is 0.469 e. The number of nitrogens with one attached hydrogen (secondary N) is 1. The third-order valence-corrected chi connectivity index (χ3v) is 5.38. The Morgan fingerprint density at radius 1 is 1.35 bits per heavy atom. The first-order valence-corrected chi connectivity index (χ1v) is 9.44. The van der Waals surface area contributed by atoms with Gasteiger partial charge in [-0.1, -0.05) is 41.6 Å². The number of hydrogen-bond acceptors (Lipinski definition) is 5. The molecule has 0 saturated heterocycles. The summed E-state index contributed by atoms with van der Waals surface area (Å²) in [6, 6.07) is 9.17. The Kier molecular flexibility index (Phi) is 5.68. The van der Waals surface area contributed by atoms with E-state index in [-0.39, 0.29) is 17.7 Å². The minimum atomic E-state index is -0.166. The lowest BCUT2D eigenvalue weighted by molar-refractivity contribution is -0.119. The quantitative estimate of drug-likeness (QED) is 0.644. The molecule has 0 aliphatic rings. The number of benzene rings is 1. The van der Waals surface area contributed by atoms with Crippen LogP contribution in [0, 0.1) is 6.92 Å². The summed E-state index contributed by atoms with van der Waals surface area (Å²) in [4.78, 5) is 12.3. The van der Waals surface area contributed by atoms with E-state index in [0.717, 1.165) is 16.9 Å². The number of carbonyl (C=O) groups excluding carboxylic acids is 1. The lowest BCUT2D eigenvalue weighted by atomic mass is 10.1. The maximum Gasteiger partial charge on any atom is 0.230 e. The molecule has 26 heavy (non-hydrogen) atoms. The van der Waals surface area contributed by atoms with Crippen molar-refractivity contribution in [2.45, 2.75) is 25.0 Å². The predicted octanol–water partition coefficient (Wildman–Crippen LogP) is 4.01. The third kappa shape index (κ3) is 3.94. The van der Waals surface area contributed by atoms with Gasteiger partial charge in [0.25, 0.3) is 0 Å². The second kappa shape index (κ2) is 7.97. The Morgan fingerprint density at radius 3 is 2.81 bits per heavy atom. The van der Waals surface area contributed by atoms with Crippen molar-refractivity contribution in [1.29, 1.82) is 0 Å². The molecule has 2 heterocycles. The summed E-state index contributed by atoms with van der Waals surface area (Å²) in [5, 5.41) is 12.6. The van der Waals surface area contributed by atoms with Crippen molar-refractivity contribution in [2.75, 3.05) is 5.75 Å². The summed E-state index contributed by atoms with van der Waals surface area (Å²) < 4.78 is 7.17. The summed E-state index contributed by atoms with van der Waals surface area (Å²) in [5.41, 5.74) is 1.78. The molecule has 0 radical (unpaired) electrons. The van der Waals surface area contributed by atoms with Crippen molar-refractivity contribution in [3.8, 4) is 11.4 Å². The van der Waals surface area contributed by atoms with Crippen LogP contribution in [0.25, 0.3) is 11.4 Å². The zero-order valence-corrected chi connectivity index (χ0v) is 16.3. The average molecular weight is 391 g/mol. The van der Waals surface area contributed by atoms with E-state index in [2.05, 4.69) is 15.5 Å². The standard InChI is InChI=1S/C18H19ClN4O2S/c1-11(13-6-4-5-7-15(13)19)20-16(24)10-26-18-22-21-17(23(18)3)14-8-9-25-12(14)2/h4-9,11H,10H2,1-3H3,(H,20,24)/t11-/m1/s1. The van der Waals surface area contributed by atoms with E-state index < -0.39 is 0 Å². The maximum atomic E-state index is 12.3. The highest BCUT2D eigenvalue weighted by Gasteiger charge is 2.17. The van der Waals surface area contributed by atoms with Crippen molar-refractivity contribution in [3.05, 3.63) is 52.9 Å². The minimum Gasteiger partial charge on any atom is -0.469 e. The van der Waals surface area contributed by atoms with Crippen molar-refractivity contribution in [3.63, 3.8) is 0 Å². The molecule has 1 amide bonds. The van der Waals surface area contributed by atoms with Gasteiger partial charge in [-0.2, -0.15) is 0 Å². The van der Waals surface area contributed by atoms with Gasteiger partial charge in [-0.15, -0.1) is 10.2 Å². The summed E-state index contributed by atoms with van der Waals surface area (Å²) in [5.74, 6) is 1.64. The monoisotopic (exact) mass is 390 g/mol. The van der Waals surface area contributed by atoms with Crippen LogP contribution in [0.15, 0.2) is 46.2 Å². The molecule has 0 aliphatic carbocycles. The van der Waals surface area contributed by atoms with Crippen LogP contribution in [-0.4, -0.2) is 26.4 Å². The topological polar surface area (TPSA) is 72.9 Å². The van der Waals surface area contributed by atoms with Crippen LogP contribution in [0.4, 0.5) is 0 Å². The molecule has 3 rings (SSSR count). The highest BCUT2D eigenvalue weighted by atomic mass is 35.5. The fraction of sp³-hybridized carbons (Fsp3) is 0.278. The van der Waals surface area contributed by atoms with Crippen LogP contribution in [0.1, 0.15) is 24.3 Å². The van der Waals surface area contributed by atoms with E-state index in [1.165, 1.54) is 11.8 Å². The number of aromatic nitrogens is 3. The van der Waals surface area contributed by atoms with E-state index in [9.17, 15) is 4.79 Å². The molecule has 0 saturated carbocycles. The van der Waals surface area contributed by atoms with Gasteiger partial charge in [-0.05, 0) is 31.5 Å².